The van der Waals surface area contributed by atoms with Crippen molar-refractivity contribution < 1.29 is 23.8 Å². The highest BCUT2D eigenvalue weighted by Crippen LogP contribution is 2.55. The zero-order valence-corrected chi connectivity index (χ0v) is 20.4. The molecule has 3 aromatic rings. The molecule has 3 aromatic carbocycles. The summed E-state index contributed by atoms with van der Waals surface area (Å²) in [4.78, 5) is 29.8. The van der Waals surface area contributed by atoms with Gasteiger partial charge in [-0.1, -0.05) is 18.2 Å². The summed E-state index contributed by atoms with van der Waals surface area (Å²) in [6.07, 6.45) is 1.64. The molecular formula is C28H24N2O5S. The molecule has 7 rings (SSSR count). The standard InChI is InChI=1S/C28H24N2O5S/c31-26(18-6-7-25-17(12-18)8-11-36-25)29-9-3-10-30-21-5-2-1-4-19(21)28(27(30)32)15-33-22-14-24-23(13-20(22)28)34-16-35-24/h1-2,4-7,12-14H,3,8-11,15-16H2,(H,29,31). The van der Waals surface area contributed by atoms with Crippen LogP contribution in [0.3, 0.4) is 0 Å². The number of nitrogens with one attached hydrogen (secondary N) is 1. The van der Waals surface area contributed by atoms with Crippen molar-refractivity contribution in [1.29, 1.82) is 0 Å². The third-order valence-corrected chi connectivity index (χ3v) is 8.56. The Labute approximate surface area is 212 Å². The second-order valence-corrected chi connectivity index (χ2v) is 10.5. The number of hydrogen-bond donors (Lipinski definition) is 1. The average Bonchev–Trinajstić information content (AvgIpc) is 3.68. The maximum Gasteiger partial charge on any atom is 0.251 e. The first kappa shape index (κ1) is 21.6. The van der Waals surface area contributed by atoms with Gasteiger partial charge in [0.25, 0.3) is 5.91 Å². The van der Waals surface area contributed by atoms with E-state index in [-0.39, 0.29) is 25.2 Å². The van der Waals surface area contributed by atoms with Gasteiger partial charge in [-0.05, 0) is 54.3 Å². The first-order valence-corrected chi connectivity index (χ1v) is 13.2. The second-order valence-electron chi connectivity index (χ2n) is 9.40. The molecule has 36 heavy (non-hydrogen) atoms. The maximum atomic E-state index is 14.0. The number of carbonyl (C=O) groups is 2. The summed E-state index contributed by atoms with van der Waals surface area (Å²) < 4.78 is 17.1. The van der Waals surface area contributed by atoms with Gasteiger partial charge >= 0.3 is 0 Å². The fourth-order valence-corrected chi connectivity index (χ4v) is 6.71. The minimum atomic E-state index is -0.904. The Kier molecular flexibility index (Phi) is 4.92. The predicted molar refractivity (Wildman–Crippen MR) is 135 cm³/mol. The zero-order chi connectivity index (χ0) is 24.3. The van der Waals surface area contributed by atoms with Gasteiger partial charge in [-0.15, -0.1) is 11.8 Å². The van der Waals surface area contributed by atoms with Crippen LogP contribution in [0.2, 0.25) is 0 Å². The molecule has 0 aliphatic carbocycles. The van der Waals surface area contributed by atoms with Crippen LogP contribution in [-0.4, -0.2) is 44.1 Å². The molecule has 0 aromatic heterocycles. The van der Waals surface area contributed by atoms with E-state index in [0.29, 0.717) is 42.3 Å². The Morgan fingerprint density at radius 2 is 1.86 bits per heavy atom. The van der Waals surface area contributed by atoms with Crippen LogP contribution in [0.5, 0.6) is 17.2 Å². The summed E-state index contributed by atoms with van der Waals surface area (Å²) in [7, 11) is 0. The van der Waals surface area contributed by atoms with Crippen LogP contribution >= 0.6 is 11.8 Å². The van der Waals surface area contributed by atoms with Gasteiger partial charge in [0.15, 0.2) is 11.5 Å². The number of rotatable bonds is 5. The highest BCUT2D eigenvalue weighted by Gasteiger charge is 2.57. The van der Waals surface area contributed by atoms with E-state index in [4.69, 9.17) is 14.2 Å². The van der Waals surface area contributed by atoms with Crippen LogP contribution in [0, 0.1) is 0 Å². The molecule has 0 radical (unpaired) electrons. The molecule has 1 N–H and O–H groups in total. The van der Waals surface area contributed by atoms with Crippen molar-refractivity contribution >= 4 is 29.3 Å². The zero-order valence-electron chi connectivity index (χ0n) is 19.5. The number of nitrogens with zero attached hydrogens (tertiary/aromatic N) is 1. The molecule has 4 aliphatic rings. The van der Waals surface area contributed by atoms with Crippen molar-refractivity contribution in [2.45, 2.75) is 23.2 Å². The lowest BCUT2D eigenvalue weighted by Gasteiger charge is -2.23. The van der Waals surface area contributed by atoms with E-state index in [9.17, 15) is 9.59 Å². The minimum Gasteiger partial charge on any atom is -0.491 e. The molecule has 4 aliphatic heterocycles. The number of benzene rings is 3. The number of para-hydroxylation sites is 1. The summed E-state index contributed by atoms with van der Waals surface area (Å²) in [5.74, 6) is 2.92. The monoisotopic (exact) mass is 500 g/mol. The topological polar surface area (TPSA) is 77.1 Å². The maximum absolute atomic E-state index is 14.0. The molecule has 0 saturated carbocycles. The van der Waals surface area contributed by atoms with Gasteiger partial charge in [-0.2, -0.15) is 0 Å². The quantitative estimate of drug-likeness (QED) is 0.536. The van der Waals surface area contributed by atoms with Crippen LogP contribution in [0.1, 0.15) is 33.5 Å². The lowest BCUT2D eigenvalue weighted by atomic mass is 9.77. The molecule has 1 unspecified atom stereocenters. The average molecular weight is 501 g/mol. The van der Waals surface area contributed by atoms with Crippen LogP contribution in [0.4, 0.5) is 5.69 Å². The molecule has 182 valence electrons. The van der Waals surface area contributed by atoms with Crippen molar-refractivity contribution in [2.75, 3.05) is 37.1 Å². The Balaban J connectivity index is 1.09. The van der Waals surface area contributed by atoms with Gasteiger partial charge in [0.1, 0.15) is 17.8 Å². The molecule has 0 fully saturated rings. The van der Waals surface area contributed by atoms with Crippen LogP contribution < -0.4 is 24.4 Å². The van der Waals surface area contributed by atoms with Crippen molar-refractivity contribution in [3.05, 3.63) is 76.9 Å². The van der Waals surface area contributed by atoms with Crippen LogP contribution in [0.25, 0.3) is 0 Å². The normalized spacial score (nSPS) is 20.3. The Morgan fingerprint density at radius 1 is 1.00 bits per heavy atom. The van der Waals surface area contributed by atoms with Gasteiger partial charge in [0.2, 0.25) is 12.7 Å². The fourth-order valence-electron chi connectivity index (χ4n) is 5.66. The van der Waals surface area contributed by atoms with E-state index in [0.717, 1.165) is 29.0 Å². The van der Waals surface area contributed by atoms with E-state index in [1.165, 1.54) is 10.5 Å². The largest absolute Gasteiger partial charge is 0.491 e. The van der Waals surface area contributed by atoms with E-state index in [1.807, 2.05) is 71.3 Å². The molecule has 1 atom stereocenters. The van der Waals surface area contributed by atoms with Crippen molar-refractivity contribution in [3.63, 3.8) is 0 Å². The number of anilines is 1. The van der Waals surface area contributed by atoms with Gasteiger partial charge in [-0.3, -0.25) is 9.59 Å². The second kappa shape index (κ2) is 8.20. The van der Waals surface area contributed by atoms with Gasteiger partial charge in [-0.25, -0.2) is 0 Å². The Hall–Kier alpha value is -3.65. The number of hydrogen-bond acceptors (Lipinski definition) is 6. The van der Waals surface area contributed by atoms with Crippen LogP contribution in [-0.2, 0) is 16.6 Å². The first-order valence-electron chi connectivity index (χ1n) is 12.2. The van der Waals surface area contributed by atoms with Gasteiger partial charge in [0, 0.05) is 46.6 Å². The third-order valence-electron chi connectivity index (χ3n) is 7.44. The Bertz CT molecular complexity index is 1420. The number of amides is 2. The Morgan fingerprint density at radius 3 is 2.78 bits per heavy atom. The molecule has 0 saturated heterocycles. The summed E-state index contributed by atoms with van der Waals surface area (Å²) in [6.45, 7) is 1.39. The SMILES string of the molecule is O=C(NCCCN1C(=O)C2(COc3cc4c(cc32)OCO4)c2ccccc21)c1ccc2c(c1)CCS2. The predicted octanol–water partition coefficient (Wildman–Crippen LogP) is 3.91. The number of carbonyl (C=O) groups excluding carboxylic acids is 2. The van der Waals surface area contributed by atoms with Crippen LogP contribution in [0.15, 0.2) is 59.5 Å². The highest BCUT2D eigenvalue weighted by molar-refractivity contribution is 7.99. The van der Waals surface area contributed by atoms with E-state index in [1.54, 1.807) is 0 Å². The van der Waals surface area contributed by atoms with E-state index in [2.05, 4.69) is 5.32 Å². The molecule has 2 amide bonds. The summed E-state index contributed by atoms with van der Waals surface area (Å²) in [6, 6.07) is 17.5. The lowest BCUT2D eigenvalue weighted by molar-refractivity contribution is -0.122. The van der Waals surface area contributed by atoms with Gasteiger partial charge in [0.05, 0.1) is 0 Å². The molecule has 7 nitrogen and oxygen atoms in total. The molecular weight excluding hydrogens is 476 g/mol. The van der Waals surface area contributed by atoms with Gasteiger partial charge < -0.3 is 24.4 Å². The third kappa shape index (κ3) is 3.13. The van der Waals surface area contributed by atoms with Crippen molar-refractivity contribution in [1.82, 2.24) is 5.32 Å². The summed E-state index contributed by atoms with van der Waals surface area (Å²) in [5, 5.41) is 3.02. The van der Waals surface area contributed by atoms with Crippen molar-refractivity contribution in [3.8, 4) is 17.2 Å². The smallest absolute Gasteiger partial charge is 0.251 e. The molecule has 4 heterocycles. The highest BCUT2D eigenvalue weighted by atomic mass is 32.2. The number of aryl methyl sites for hydroxylation is 1. The fraction of sp³-hybridized carbons (Fsp3) is 0.286. The van der Waals surface area contributed by atoms with Crippen molar-refractivity contribution in [2.24, 2.45) is 0 Å². The summed E-state index contributed by atoms with van der Waals surface area (Å²) >= 11 is 1.84. The molecule has 1 spiro atoms. The molecule has 0 bridgehead atoms. The number of thioether (sulfide) groups is 1. The lowest BCUT2D eigenvalue weighted by Crippen LogP contribution is -2.43. The van der Waals surface area contributed by atoms with E-state index >= 15 is 0 Å². The molecule has 8 heteroatoms. The number of fused-ring (bicyclic) bond motifs is 6. The first-order chi connectivity index (χ1) is 17.6. The summed E-state index contributed by atoms with van der Waals surface area (Å²) in [5.41, 5.74) is 3.68. The number of ether oxygens (including phenoxy) is 3. The van der Waals surface area contributed by atoms with E-state index < -0.39 is 5.41 Å². The minimum absolute atomic E-state index is 0.0104.